The van der Waals surface area contributed by atoms with Crippen LogP contribution in [-0.4, -0.2) is 0 Å². The lowest BCUT2D eigenvalue weighted by Gasteiger charge is -2.18. The zero-order chi connectivity index (χ0) is 15.6. The van der Waals surface area contributed by atoms with Gasteiger partial charge in [-0.1, -0.05) is 72.9 Å². The molecule has 4 heteroatoms. The van der Waals surface area contributed by atoms with Crippen LogP contribution in [0.5, 0.6) is 0 Å². The van der Waals surface area contributed by atoms with Crippen LogP contribution in [0.4, 0.5) is 5.69 Å². The van der Waals surface area contributed by atoms with Crippen molar-refractivity contribution in [1.82, 2.24) is 0 Å². The van der Waals surface area contributed by atoms with Crippen molar-refractivity contribution in [2.24, 2.45) is 0 Å². The summed E-state index contributed by atoms with van der Waals surface area (Å²) < 4.78 is 0. The van der Waals surface area contributed by atoms with Gasteiger partial charge in [0.25, 0.3) is 0 Å². The number of nitrogens with one attached hydrogen (secondary N) is 1. The Morgan fingerprint density at radius 3 is 1.86 bits per heavy atom. The molecule has 0 aromatic heterocycles. The normalized spacial score (nSPS) is 12.5. The molecule has 2 aromatic rings. The minimum atomic E-state index is 0.126. The Morgan fingerprint density at radius 2 is 1.29 bits per heavy atom. The van der Waals surface area contributed by atoms with Gasteiger partial charge in [-0.25, -0.2) is 0 Å². The van der Waals surface area contributed by atoms with Crippen molar-refractivity contribution in [1.29, 1.82) is 0 Å². The van der Waals surface area contributed by atoms with Crippen LogP contribution in [0.3, 0.4) is 0 Å². The topological polar surface area (TPSA) is 12.0 Å². The average molecular weight is 343 g/mol. The maximum Gasteiger partial charge on any atom is 0.0653 e. The fourth-order valence-corrected chi connectivity index (χ4v) is 2.72. The molecule has 0 spiro atoms. The summed E-state index contributed by atoms with van der Waals surface area (Å²) >= 11 is 18.2. The molecule has 0 fully saturated rings. The fraction of sp³-hybridized carbons (Fsp3) is 0.294. The quantitative estimate of drug-likeness (QED) is 0.593. The first-order chi connectivity index (χ1) is 9.88. The van der Waals surface area contributed by atoms with Gasteiger partial charge in [0.15, 0.2) is 0 Å². The van der Waals surface area contributed by atoms with E-state index in [1.807, 2.05) is 0 Å². The number of rotatable bonds is 4. The molecule has 1 nitrogen and oxygen atoms in total. The van der Waals surface area contributed by atoms with Crippen molar-refractivity contribution in [2.45, 2.75) is 32.7 Å². The maximum absolute atomic E-state index is 6.19. The highest BCUT2D eigenvalue weighted by Gasteiger charge is 2.11. The van der Waals surface area contributed by atoms with E-state index in [1.165, 1.54) is 11.1 Å². The highest BCUT2D eigenvalue weighted by molar-refractivity contribution is 6.44. The summed E-state index contributed by atoms with van der Waals surface area (Å²) in [5.74, 6) is 0.534. The molecule has 1 unspecified atom stereocenters. The van der Waals surface area contributed by atoms with E-state index in [0.717, 1.165) is 5.69 Å². The molecule has 0 aliphatic heterocycles. The third-order valence-corrected chi connectivity index (χ3v) is 4.52. The molecule has 0 bridgehead atoms. The Kier molecular flexibility index (Phi) is 5.43. The van der Waals surface area contributed by atoms with Crippen molar-refractivity contribution in [3.8, 4) is 0 Å². The van der Waals surface area contributed by atoms with Crippen LogP contribution in [0.25, 0.3) is 0 Å². The molecule has 21 heavy (non-hydrogen) atoms. The molecule has 0 amide bonds. The van der Waals surface area contributed by atoms with E-state index in [-0.39, 0.29) is 6.04 Å². The van der Waals surface area contributed by atoms with E-state index in [2.05, 4.69) is 50.4 Å². The Hall–Kier alpha value is -0.890. The van der Waals surface area contributed by atoms with Gasteiger partial charge in [0.2, 0.25) is 0 Å². The number of benzene rings is 2. The van der Waals surface area contributed by atoms with E-state index >= 15 is 0 Å². The second kappa shape index (κ2) is 6.91. The predicted molar refractivity (Wildman–Crippen MR) is 94.0 cm³/mol. The second-order valence-corrected chi connectivity index (χ2v) is 6.66. The Balaban J connectivity index is 2.17. The summed E-state index contributed by atoms with van der Waals surface area (Å²) in [5.41, 5.74) is 3.31. The van der Waals surface area contributed by atoms with Gasteiger partial charge in [0.05, 0.1) is 20.8 Å². The van der Waals surface area contributed by atoms with Gasteiger partial charge in [-0.05, 0) is 36.1 Å². The van der Waals surface area contributed by atoms with Gasteiger partial charge >= 0.3 is 0 Å². The van der Waals surface area contributed by atoms with Crippen LogP contribution in [0, 0.1) is 0 Å². The zero-order valence-electron chi connectivity index (χ0n) is 12.3. The molecule has 2 aromatic carbocycles. The number of hydrogen-bond donors (Lipinski definition) is 1. The molecule has 1 N–H and O–H groups in total. The summed E-state index contributed by atoms with van der Waals surface area (Å²) in [4.78, 5) is 0. The first-order valence-corrected chi connectivity index (χ1v) is 8.02. The van der Waals surface area contributed by atoms with Crippen molar-refractivity contribution in [3.63, 3.8) is 0 Å². The third-order valence-electron chi connectivity index (χ3n) is 3.49. The van der Waals surface area contributed by atoms with Crippen molar-refractivity contribution in [2.75, 3.05) is 5.32 Å². The van der Waals surface area contributed by atoms with Gasteiger partial charge in [0.1, 0.15) is 0 Å². The highest BCUT2D eigenvalue weighted by Crippen LogP contribution is 2.34. The smallest absolute Gasteiger partial charge is 0.0653 e. The third kappa shape index (κ3) is 4.06. The molecule has 1 atom stereocenters. The number of anilines is 1. The van der Waals surface area contributed by atoms with Crippen molar-refractivity contribution >= 4 is 40.5 Å². The van der Waals surface area contributed by atoms with E-state index in [0.29, 0.717) is 21.0 Å². The van der Waals surface area contributed by atoms with Gasteiger partial charge < -0.3 is 5.32 Å². The number of halogens is 3. The number of hydrogen-bond acceptors (Lipinski definition) is 1. The molecular formula is C17H18Cl3N. The molecule has 0 aliphatic carbocycles. The zero-order valence-corrected chi connectivity index (χ0v) is 14.5. The van der Waals surface area contributed by atoms with Crippen LogP contribution in [0.2, 0.25) is 15.1 Å². The average Bonchev–Trinajstić information content (AvgIpc) is 2.44. The van der Waals surface area contributed by atoms with E-state index in [9.17, 15) is 0 Å². The molecule has 2 rings (SSSR count). The molecule has 0 saturated carbocycles. The lowest BCUT2D eigenvalue weighted by Crippen LogP contribution is -2.07. The summed E-state index contributed by atoms with van der Waals surface area (Å²) in [5, 5.41) is 4.88. The van der Waals surface area contributed by atoms with Crippen molar-refractivity contribution in [3.05, 3.63) is 62.6 Å². The molecule has 0 saturated heterocycles. The molecule has 112 valence electrons. The second-order valence-electron chi connectivity index (χ2n) is 5.43. The van der Waals surface area contributed by atoms with Crippen LogP contribution in [0.1, 0.15) is 43.9 Å². The van der Waals surface area contributed by atoms with Crippen LogP contribution < -0.4 is 5.32 Å². The summed E-state index contributed by atoms with van der Waals surface area (Å²) in [6.07, 6.45) is 0. The van der Waals surface area contributed by atoms with Crippen molar-refractivity contribution < 1.29 is 0 Å². The highest BCUT2D eigenvalue weighted by atomic mass is 35.5. The fourth-order valence-electron chi connectivity index (χ4n) is 2.12. The SMILES string of the molecule is CC(C)c1ccc(C(C)Nc2cc(Cl)c(Cl)cc2Cl)cc1. The monoisotopic (exact) mass is 341 g/mol. The Bertz CT molecular complexity index is 621. The van der Waals surface area contributed by atoms with E-state index in [4.69, 9.17) is 34.8 Å². The minimum Gasteiger partial charge on any atom is -0.377 e. The van der Waals surface area contributed by atoms with Gasteiger partial charge in [-0.3, -0.25) is 0 Å². The Morgan fingerprint density at radius 1 is 0.762 bits per heavy atom. The predicted octanol–water partition coefficient (Wildman–Crippen LogP) is 6.94. The lowest BCUT2D eigenvalue weighted by molar-refractivity contribution is 0.852. The first-order valence-electron chi connectivity index (χ1n) is 6.89. The summed E-state index contributed by atoms with van der Waals surface area (Å²) in [6, 6.07) is 12.1. The summed E-state index contributed by atoms with van der Waals surface area (Å²) in [6.45, 7) is 6.46. The minimum absolute atomic E-state index is 0.126. The lowest BCUT2D eigenvalue weighted by atomic mass is 9.99. The van der Waals surface area contributed by atoms with Crippen LogP contribution >= 0.6 is 34.8 Å². The van der Waals surface area contributed by atoms with E-state index < -0.39 is 0 Å². The molecule has 0 aliphatic rings. The van der Waals surface area contributed by atoms with Crippen LogP contribution in [0.15, 0.2) is 36.4 Å². The van der Waals surface area contributed by atoms with Gasteiger partial charge in [0, 0.05) is 6.04 Å². The Labute approximate surface area is 141 Å². The van der Waals surface area contributed by atoms with Gasteiger partial charge in [-0.2, -0.15) is 0 Å². The maximum atomic E-state index is 6.19. The summed E-state index contributed by atoms with van der Waals surface area (Å²) in [7, 11) is 0. The molecule has 0 heterocycles. The first kappa shape index (κ1) is 16.5. The standard InChI is InChI=1S/C17H18Cl3N/c1-10(2)12-4-6-13(7-5-12)11(3)21-17-9-15(19)14(18)8-16(17)20/h4-11,21H,1-3H3. The van der Waals surface area contributed by atoms with Gasteiger partial charge in [-0.15, -0.1) is 0 Å². The largest absolute Gasteiger partial charge is 0.377 e. The molecular weight excluding hydrogens is 325 g/mol. The van der Waals surface area contributed by atoms with E-state index in [1.54, 1.807) is 12.1 Å². The molecule has 0 radical (unpaired) electrons. The van der Waals surface area contributed by atoms with Crippen LogP contribution in [-0.2, 0) is 0 Å².